The molecule has 0 heterocycles. The normalized spacial score (nSPS) is 9.71. The van der Waals surface area contributed by atoms with Gasteiger partial charge >= 0.3 is 11.9 Å². The molecular formula is C12H14O5. The summed E-state index contributed by atoms with van der Waals surface area (Å²) in [6, 6.07) is 6.55. The van der Waals surface area contributed by atoms with Crippen LogP contribution >= 0.6 is 0 Å². The van der Waals surface area contributed by atoms with E-state index >= 15 is 0 Å². The number of phenols is 1. The molecule has 5 nitrogen and oxygen atoms in total. The lowest BCUT2D eigenvalue weighted by molar-refractivity contribution is -0.156. The first-order valence-corrected chi connectivity index (χ1v) is 5.12. The van der Waals surface area contributed by atoms with Gasteiger partial charge < -0.3 is 14.6 Å². The number of esters is 2. The van der Waals surface area contributed by atoms with E-state index < -0.39 is 11.9 Å². The zero-order valence-corrected chi connectivity index (χ0v) is 9.51. The SMILES string of the molecule is COC(=O)COC(=O)CCc1ccc(O)cc1. The van der Waals surface area contributed by atoms with Gasteiger partial charge in [-0.15, -0.1) is 0 Å². The fourth-order valence-corrected chi connectivity index (χ4v) is 1.18. The highest BCUT2D eigenvalue weighted by Gasteiger charge is 2.07. The Labute approximate surface area is 99.0 Å². The van der Waals surface area contributed by atoms with Gasteiger partial charge in [-0.05, 0) is 24.1 Å². The van der Waals surface area contributed by atoms with Crippen LogP contribution in [0.15, 0.2) is 24.3 Å². The van der Waals surface area contributed by atoms with Crippen molar-refractivity contribution in [2.75, 3.05) is 13.7 Å². The summed E-state index contributed by atoms with van der Waals surface area (Å²) in [5.41, 5.74) is 0.915. The van der Waals surface area contributed by atoms with Crippen LogP contribution in [-0.4, -0.2) is 30.8 Å². The lowest BCUT2D eigenvalue weighted by Crippen LogP contribution is -2.15. The molecule has 0 radical (unpaired) electrons. The Morgan fingerprint density at radius 1 is 1.18 bits per heavy atom. The van der Waals surface area contributed by atoms with E-state index in [0.717, 1.165) is 5.56 Å². The van der Waals surface area contributed by atoms with Crippen molar-refractivity contribution in [2.45, 2.75) is 12.8 Å². The van der Waals surface area contributed by atoms with Gasteiger partial charge in [0.2, 0.25) is 0 Å². The topological polar surface area (TPSA) is 72.8 Å². The number of carbonyl (C=O) groups excluding carboxylic acids is 2. The molecule has 17 heavy (non-hydrogen) atoms. The quantitative estimate of drug-likeness (QED) is 0.776. The molecule has 0 aliphatic heterocycles. The number of carbonyl (C=O) groups is 2. The number of rotatable bonds is 5. The second-order valence-electron chi connectivity index (χ2n) is 3.40. The number of hydrogen-bond donors (Lipinski definition) is 1. The van der Waals surface area contributed by atoms with Crippen molar-refractivity contribution >= 4 is 11.9 Å². The van der Waals surface area contributed by atoms with Crippen molar-refractivity contribution in [2.24, 2.45) is 0 Å². The van der Waals surface area contributed by atoms with Gasteiger partial charge in [-0.3, -0.25) is 4.79 Å². The van der Waals surface area contributed by atoms with Crippen LogP contribution in [0.1, 0.15) is 12.0 Å². The van der Waals surface area contributed by atoms with E-state index in [2.05, 4.69) is 9.47 Å². The summed E-state index contributed by atoms with van der Waals surface area (Å²) in [6.07, 6.45) is 0.683. The first-order chi connectivity index (χ1) is 8.11. The number of benzene rings is 1. The van der Waals surface area contributed by atoms with E-state index in [-0.39, 0.29) is 18.8 Å². The van der Waals surface area contributed by atoms with Gasteiger partial charge in [-0.2, -0.15) is 0 Å². The van der Waals surface area contributed by atoms with Crippen molar-refractivity contribution < 1.29 is 24.2 Å². The summed E-state index contributed by atoms with van der Waals surface area (Å²) in [5, 5.41) is 9.06. The Hall–Kier alpha value is -2.04. The third kappa shape index (κ3) is 5.01. The van der Waals surface area contributed by atoms with Crippen molar-refractivity contribution in [1.82, 2.24) is 0 Å². The first-order valence-electron chi connectivity index (χ1n) is 5.12. The van der Waals surface area contributed by atoms with Crippen molar-refractivity contribution in [1.29, 1.82) is 0 Å². The van der Waals surface area contributed by atoms with Crippen LogP contribution in [0.25, 0.3) is 0 Å². The molecule has 0 atom stereocenters. The maximum absolute atomic E-state index is 11.2. The average Bonchev–Trinajstić information content (AvgIpc) is 2.35. The molecule has 0 saturated heterocycles. The minimum Gasteiger partial charge on any atom is -0.508 e. The Bertz CT molecular complexity index is 382. The smallest absolute Gasteiger partial charge is 0.344 e. The third-order valence-electron chi connectivity index (χ3n) is 2.13. The molecule has 0 aromatic heterocycles. The molecule has 1 aromatic carbocycles. The van der Waals surface area contributed by atoms with Gasteiger partial charge in [-0.25, -0.2) is 4.79 Å². The van der Waals surface area contributed by atoms with Crippen LogP contribution in [0, 0.1) is 0 Å². The molecule has 1 aromatic rings. The van der Waals surface area contributed by atoms with Gasteiger partial charge in [0.25, 0.3) is 0 Å². The summed E-state index contributed by atoms with van der Waals surface area (Å²) in [5.74, 6) is -0.853. The van der Waals surface area contributed by atoms with Crippen LogP contribution in [-0.2, 0) is 25.5 Å². The average molecular weight is 238 g/mol. The molecular weight excluding hydrogens is 224 g/mol. The predicted octanol–water partition coefficient (Wildman–Crippen LogP) is 1.04. The van der Waals surface area contributed by atoms with Crippen molar-refractivity contribution in [3.05, 3.63) is 29.8 Å². The van der Waals surface area contributed by atoms with Gasteiger partial charge in [0.05, 0.1) is 7.11 Å². The van der Waals surface area contributed by atoms with E-state index in [1.807, 2.05) is 0 Å². The molecule has 0 bridgehead atoms. The Kier molecular flexibility index (Phi) is 5.00. The minimum atomic E-state index is -0.581. The maximum atomic E-state index is 11.2. The summed E-state index contributed by atoms with van der Waals surface area (Å²) >= 11 is 0. The minimum absolute atomic E-state index is 0.182. The Balaban J connectivity index is 2.28. The third-order valence-corrected chi connectivity index (χ3v) is 2.13. The number of ether oxygens (including phenoxy) is 2. The van der Waals surface area contributed by atoms with Crippen molar-refractivity contribution in [3.63, 3.8) is 0 Å². The fourth-order valence-electron chi connectivity index (χ4n) is 1.18. The van der Waals surface area contributed by atoms with Crippen LogP contribution < -0.4 is 0 Å². The van der Waals surface area contributed by atoms with Crippen LogP contribution in [0.2, 0.25) is 0 Å². The summed E-state index contributed by atoms with van der Waals surface area (Å²) in [7, 11) is 1.23. The first kappa shape index (κ1) is 13.0. The van der Waals surface area contributed by atoms with Crippen LogP contribution in [0.3, 0.4) is 0 Å². The molecule has 0 aliphatic rings. The van der Waals surface area contributed by atoms with Crippen LogP contribution in [0.5, 0.6) is 5.75 Å². The highest BCUT2D eigenvalue weighted by molar-refractivity contribution is 5.76. The Morgan fingerprint density at radius 3 is 2.41 bits per heavy atom. The van der Waals surface area contributed by atoms with E-state index in [1.54, 1.807) is 24.3 Å². The van der Waals surface area contributed by atoms with E-state index in [0.29, 0.717) is 6.42 Å². The molecule has 0 saturated carbocycles. The zero-order valence-electron chi connectivity index (χ0n) is 9.51. The maximum Gasteiger partial charge on any atom is 0.344 e. The lowest BCUT2D eigenvalue weighted by Gasteiger charge is -2.03. The van der Waals surface area contributed by atoms with E-state index in [9.17, 15) is 9.59 Å². The lowest BCUT2D eigenvalue weighted by atomic mass is 10.1. The van der Waals surface area contributed by atoms with Gasteiger partial charge in [0.15, 0.2) is 6.61 Å². The summed E-state index contributed by atoms with van der Waals surface area (Å²) in [4.78, 5) is 21.9. The fraction of sp³-hybridized carbons (Fsp3) is 0.333. The second kappa shape index (κ2) is 6.52. The largest absolute Gasteiger partial charge is 0.508 e. The molecule has 0 aliphatic carbocycles. The number of phenolic OH excluding ortho intramolecular Hbond substituents is 1. The molecule has 0 amide bonds. The Morgan fingerprint density at radius 2 is 1.82 bits per heavy atom. The monoisotopic (exact) mass is 238 g/mol. The molecule has 5 heteroatoms. The molecule has 1 rings (SSSR count). The summed E-state index contributed by atoms with van der Waals surface area (Å²) in [6.45, 7) is -0.356. The van der Waals surface area contributed by atoms with Gasteiger partial charge in [0, 0.05) is 6.42 Å². The molecule has 0 fully saturated rings. The predicted molar refractivity (Wildman–Crippen MR) is 59.4 cm³/mol. The highest BCUT2D eigenvalue weighted by Crippen LogP contribution is 2.11. The number of methoxy groups -OCH3 is 1. The molecule has 0 spiro atoms. The molecule has 1 N–H and O–H groups in total. The molecule has 0 unspecified atom stereocenters. The molecule has 92 valence electrons. The summed E-state index contributed by atoms with van der Waals surface area (Å²) < 4.78 is 9.01. The van der Waals surface area contributed by atoms with Gasteiger partial charge in [0.1, 0.15) is 5.75 Å². The van der Waals surface area contributed by atoms with Crippen LogP contribution in [0.4, 0.5) is 0 Å². The second-order valence-corrected chi connectivity index (χ2v) is 3.40. The van der Waals surface area contributed by atoms with E-state index in [1.165, 1.54) is 7.11 Å². The van der Waals surface area contributed by atoms with Gasteiger partial charge in [-0.1, -0.05) is 12.1 Å². The number of hydrogen-bond acceptors (Lipinski definition) is 5. The number of aryl methyl sites for hydroxylation is 1. The number of aromatic hydroxyl groups is 1. The van der Waals surface area contributed by atoms with Crippen molar-refractivity contribution in [3.8, 4) is 5.75 Å². The van der Waals surface area contributed by atoms with E-state index in [4.69, 9.17) is 5.11 Å². The zero-order chi connectivity index (χ0) is 12.7. The highest BCUT2D eigenvalue weighted by atomic mass is 16.6. The standard InChI is InChI=1S/C12H14O5/c1-16-12(15)8-17-11(14)7-4-9-2-5-10(13)6-3-9/h2-3,5-6,13H,4,7-8H2,1H3.